The monoisotopic (exact) mass is 443 g/mol. The second kappa shape index (κ2) is 8.36. The first-order valence-electron chi connectivity index (χ1n) is 10.6. The molecule has 1 amide bonds. The fourth-order valence-electron chi connectivity index (χ4n) is 4.92. The first-order valence-corrected chi connectivity index (χ1v) is 12.1. The molecule has 2 aromatic rings. The summed E-state index contributed by atoms with van der Waals surface area (Å²) in [7, 11) is 0. The van der Waals surface area contributed by atoms with Gasteiger partial charge in [0.1, 0.15) is 12.1 Å². The van der Waals surface area contributed by atoms with Gasteiger partial charge < -0.3 is 15.1 Å². The van der Waals surface area contributed by atoms with Crippen molar-refractivity contribution in [1.82, 2.24) is 20.2 Å². The highest BCUT2D eigenvalue weighted by molar-refractivity contribution is 7.98. The van der Waals surface area contributed by atoms with Gasteiger partial charge in [0.05, 0.1) is 11.1 Å². The maximum Gasteiger partial charge on any atom is 0.233 e. The van der Waals surface area contributed by atoms with Crippen LogP contribution in [0.1, 0.15) is 29.7 Å². The van der Waals surface area contributed by atoms with Crippen molar-refractivity contribution in [3.8, 4) is 0 Å². The summed E-state index contributed by atoms with van der Waals surface area (Å²) in [6, 6.07) is 7.87. The number of hydrogen-bond acceptors (Lipinski definition) is 6. The van der Waals surface area contributed by atoms with Crippen LogP contribution in [0, 0.1) is 0 Å². The Kier molecular flexibility index (Phi) is 5.60. The largest absolute Gasteiger partial charge is 0.353 e. The lowest BCUT2D eigenvalue weighted by Gasteiger charge is -2.43. The summed E-state index contributed by atoms with van der Waals surface area (Å²) >= 11 is 8.18. The van der Waals surface area contributed by atoms with Crippen molar-refractivity contribution >= 4 is 35.1 Å². The zero-order valence-electron chi connectivity index (χ0n) is 16.9. The number of anilines is 1. The van der Waals surface area contributed by atoms with Gasteiger partial charge in [0, 0.05) is 48.3 Å². The molecule has 3 aliphatic rings. The second-order valence-corrected chi connectivity index (χ2v) is 9.66. The third-order valence-corrected chi connectivity index (χ3v) is 7.81. The molecule has 6 nitrogen and oxygen atoms in total. The number of amides is 1. The molecule has 0 spiro atoms. The Labute approximate surface area is 186 Å². The van der Waals surface area contributed by atoms with E-state index < -0.39 is 5.41 Å². The summed E-state index contributed by atoms with van der Waals surface area (Å²) in [5, 5.41) is 4.10. The minimum atomic E-state index is -0.481. The average Bonchev–Trinajstić information content (AvgIpc) is 3.28. The number of nitrogens with zero attached hydrogens (tertiary/aromatic N) is 4. The topological polar surface area (TPSA) is 61.4 Å². The number of benzene rings is 1. The highest BCUT2D eigenvalue weighted by atomic mass is 35.5. The zero-order valence-corrected chi connectivity index (χ0v) is 18.5. The normalized spacial score (nSPS) is 20.8. The molecule has 4 heterocycles. The summed E-state index contributed by atoms with van der Waals surface area (Å²) in [5.41, 5.74) is 3.01. The summed E-state index contributed by atoms with van der Waals surface area (Å²) in [6.07, 6.45) is 3.30. The lowest BCUT2D eigenvalue weighted by Crippen LogP contribution is -2.57. The molecule has 30 heavy (non-hydrogen) atoms. The highest BCUT2D eigenvalue weighted by Crippen LogP contribution is 2.38. The van der Waals surface area contributed by atoms with E-state index in [9.17, 15) is 4.79 Å². The molecule has 0 atom stereocenters. The van der Waals surface area contributed by atoms with Gasteiger partial charge in [-0.1, -0.05) is 23.7 Å². The number of rotatable bonds is 3. The number of halogens is 1. The Hall–Kier alpha value is -1.83. The standard InChI is InChI=1S/C22H26ClN5OS/c23-17-3-1-2-16(12-17)22(4-6-24-7-5-22)21(29)28-10-8-27(9-11-28)20-18-13-30-14-19(18)25-15-26-20/h1-3,12,15,24H,4-11,13-14H2. The number of hydrogen-bond donors (Lipinski definition) is 1. The number of piperazine rings is 1. The van der Waals surface area contributed by atoms with Gasteiger partial charge in [-0.15, -0.1) is 0 Å². The van der Waals surface area contributed by atoms with Crippen LogP contribution in [0.2, 0.25) is 5.02 Å². The number of carbonyl (C=O) groups is 1. The molecule has 1 aromatic heterocycles. The quantitative estimate of drug-likeness (QED) is 0.787. The number of fused-ring (bicyclic) bond motifs is 1. The Morgan fingerprint density at radius 2 is 1.90 bits per heavy atom. The van der Waals surface area contributed by atoms with Crippen LogP contribution in [-0.2, 0) is 21.7 Å². The molecule has 1 aromatic carbocycles. The van der Waals surface area contributed by atoms with Gasteiger partial charge in [-0.25, -0.2) is 9.97 Å². The van der Waals surface area contributed by atoms with E-state index in [1.807, 2.05) is 30.0 Å². The molecule has 1 N–H and O–H groups in total. The predicted molar refractivity (Wildman–Crippen MR) is 121 cm³/mol. The van der Waals surface area contributed by atoms with E-state index in [-0.39, 0.29) is 5.91 Å². The molecule has 5 rings (SSSR count). The molecule has 2 saturated heterocycles. The van der Waals surface area contributed by atoms with Crippen LogP contribution in [0.3, 0.4) is 0 Å². The molecule has 158 valence electrons. The molecule has 8 heteroatoms. The number of nitrogens with one attached hydrogen (secondary N) is 1. The molecule has 0 saturated carbocycles. The van der Waals surface area contributed by atoms with Crippen molar-refractivity contribution in [3.63, 3.8) is 0 Å². The minimum absolute atomic E-state index is 0.245. The van der Waals surface area contributed by atoms with Gasteiger partial charge in [0.2, 0.25) is 5.91 Å². The molecular formula is C22H26ClN5OS. The highest BCUT2D eigenvalue weighted by Gasteiger charge is 2.44. The Bertz CT molecular complexity index is 941. The molecule has 0 radical (unpaired) electrons. The molecular weight excluding hydrogens is 418 g/mol. The van der Waals surface area contributed by atoms with Crippen LogP contribution < -0.4 is 10.2 Å². The Morgan fingerprint density at radius 3 is 2.67 bits per heavy atom. The van der Waals surface area contributed by atoms with Gasteiger partial charge in [0.25, 0.3) is 0 Å². The van der Waals surface area contributed by atoms with E-state index in [0.29, 0.717) is 5.02 Å². The predicted octanol–water partition coefficient (Wildman–Crippen LogP) is 2.85. The molecule has 3 aliphatic heterocycles. The van der Waals surface area contributed by atoms with Gasteiger partial charge in [0.15, 0.2) is 0 Å². The van der Waals surface area contributed by atoms with Crippen LogP contribution in [0.15, 0.2) is 30.6 Å². The van der Waals surface area contributed by atoms with Crippen LogP contribution in [-0.4, -0.2) is 60.0 Å². The lowest BCUT2D eigenvalue weighted by atomic mass is 9.72. The van der Waals surface area contributed by atoms with Crippen molar-refractivity contribution in [2.45, 2.75) is 29.8 Å². The maximum atomic E-state index is 13.8. The van der Waals surface area contributed by atoms with E-state index in [2.05, 4.69) is 31.2 Å². The number of carbonyl (C=O) groups excluding carboxylic acids is 1. The van der Waals surface area contributed by atoms with Crippen LogP contribution in [0.4, 0.5) is 5.82 Å². The Balaban J connectivity index is 1.35. The smallest absolute Gasteiger partial charge is 0.233 e. The van der Waals surface area contributed by atoms with Crippen molar-refractivity contribution in [2.24, 2.45) is 0 Å². The zero-order chi connectivity index (χ0) is 20.6. The summed E-state index contributed by atoms with van der Waals surface area (Å²) in [6.45, 7) is 4.76. The van der Waals surface area contributed by atoms with E-state index >= 15 is 0 Å². The fraction of sp³-hybridized carbons (Fsp3) is 0.500. The summed E-state index contributed by atoms with van der Waals surface area (Å²) in [5.74, 6) is 3.26. The van der Waals surface area contributed by atoms with Crippen molar-refractivity contribution < 1.29 is 4.79 Å². The number of aromatic nitrogens is 2. The third-order valence-electron chi connectivity index (χ3n) is 6.61. The Morgan fingerprint density at radius 1 is 1.10 bits per heavy atom. The number of thioether (sulfide) groups is 1. The summed E-state index contributed by atoms with van der Waals surface area (Å²) in [4.78, 5) is 27.2. The van der Waals surface area contributed by atoms with Gasteiger partial charge in [-0.3, -0.25) is 4.79 Å². The van der Waals surface area contributed by atoms with E-state index in [4.69, 9.17) is 11.6 Å². The van der Waals surface area contributed by atoms with Crippen LogP contribution >= 0.6 is 23.4 Å². The molecule has 2 fully saturated rings. The van der Waals surface area contributed by atoms with E-state index in [1.54, 1.807) is 6.33 Å². The minimum Gasteiger partial charge on any atom is -0.353 e. The fourth-order valence-corrected chi connectivity index (χ4v) is 6.16. The number of piperidine rings is 1. The third kappa shape index (κ3) is 3.57. The van der Waals surface area contributed by atoms with Gasteiger partial charge in [-0.05, 0) is 43.6 Å². The molecule has 0 unspecified atom stereocenters. The molecule has 0 bridgehead atoms. The summed E-state index contributed by atoms with van der Waals surface area (Å²) < 4.78 is 0. The van der Waals surface area contributed by atoms with Crippen molar-refractivity contribution in [3.05, 3.63) is 52.4 Å². The SMILES string of the molecule is O=C(N1CCN(c2ncnc3c2CSC3)CC1)C1(c2cccc(Cl)c2)CCNCC1. The maximum absolute atomic E-state index is 13.8. The first kappa shape index (κ1) is 20.1. The van der Waals surface area contributed by atoms with Crippen LogP contribution in [0.25, 0.3) is 0 Å². The van der Waals surface area contributed by atoms with E-state index in [0.717, 1.165) is 80.7 Å². The van der Waals surface area contributed by atoms with Gasteiger partial charge >= 0.3 is 0 Å². The van der Waals surface area contributed by atoms with Crippen LogP contribution in [0.5, 0.6) is 0 Å². The van der Waals surface area contributed by atoms with Crippen molar-refractivity contribution in [1.29, 1.82) is 0 Å². The molecule has 0 aliphatic carbocycles. The average molecular weight is 444 g/mol. The van der Waals surface area contributed by atoms with E-state index in [1.165, 1.54) is 5.56 Å². The second-order valence-electron chi connectivity index (χ2n) is 8.24. The lowest BCUT2D eigenvalue weighted by molar-refractivity contribution is -0.139. The van der Waals surface area contributed by atoms with Crippen molar-refractivity contribution in [2.75, 3.05) is 44.2 Å². The first-order chi connectivity index (χ1) is 14.7. The van der Waals surface area contributed by atoms with Gasteiger partial charge in [-0.2, -0.15) is 11.8 Å².